The Morgan fingerprint density at radius 2 is 1.92 bits per heavy atom. The van der Waals surface area contributed by atoms with Crippen LogP contribution in [0.4, 0.5) is 4.79 Å². The maximum atomic E-state index is 12.0. The van der Waals surface area contributed by atoms with E-state index in [9.17, 15) is 10.1 Å². The fourth-order valence-electron chi connectivity index (χ4n) is 3.58. The number of hydrogen-bond donors (Lipinski definition) is 0. The highest BCUT2D eigenvalue weighted by molar-refractivity contribution is 5.86. The van der Waals surface area contributed by atoms with Crippen LogP contribution in [-0.4, -0.2) is 24.1 Å². The number of carbonyl (C=O) groups is 1. The first-order chi connectivity index (χ1) is 12.1. The number of fused-ring (bicyclic) bond motifs is 1. The van der Waals surface area contributed by atoms with E-state index in [2.05, 4.69) is 36.9 Å². The molecule has 0 spiro atoms. The summed E-state index contributed by atoms with van der Waals surface area (Å²) in [7, 11) is 0. The molecule has 1 amide bonds. The highest BCUT2D eigenvalue weighted by atomic mass is 16.6. The zero-order valence-electron chi connectivity index (χ0n) is 14.4. The minimum atomic E-state index is -0.343. The van der Waals surface area contributed by atoms with Gasteiger partial charge >= 0.3 is 6.09 Å². The van der Waals surface area contributed by atoms with Crippen LogP contribution >= 0.6 is 0 Å². The van der Waals surface area contributed by atoms with Crippen LogP contribution in [0.2, 0.25) is 0 Å². The quantitative estimate of drug-likeness (QED) is 0.756. The van der Waals surface area contributed by atoms with Crippen molar-refractivity contribution in [1.82, 2.24) is 4.90 Å². The predicted octanol–water partition coefficient (Wildman–Crippen LogP) is 4.83. The van der Waals surface area contributed by atoms with Crippen molar-refractivity contribution in [2.75, 3.05) is 13.1 Å². The molecule has 0 radical (unpaired) electrons. The van der Waals surface area contributed by atoms with Crippen LogP contribution in [0, 0.1) is 17.2 Å². The van der Waals surface area contributed by atoms with E-state index in [-0.39, 0.29) is 17.9 Å². The lowest BCUT2D eigenvalue weighted by atomic mass is 9.79. The second-order valence-electron chi connectivity index (χ2n) is 6.57. The Morgan fingerprint density at radius 3 is 2.60 bits per heavy atom. The van der Waals surface area contributed by atoms with Crippen molar-refractivity contribution in [3.8, 4) is 6.07 Å². The van der Waals surface area contributed by atoms with Gasteiger partial charge in [0, 0.05) is 13.1 Å². The summed E-state index contributed by atoms with van der Waals surface area (Å²) < 4.78 is 5.08. The first-order valence-corrected chi connectivity index (χ1v) is 8.59. The first kappa shape index (κ1) is 17.0. The Balaban J connectivity index is 1.76. The molecule has 2 aromatic carbocycles. The number of likely N-dealkylation sites (tertiary alicyclic amines) is 1. The van der Waals surface area contributed by atoms with Crippen molar-refractivity contribution in [3.05, 3.63) is 60.4 Å². The van der Waals surface area contributed by atoms with Crippen LogP contribution in [0.3, 0.4) is 0 Å². The molecule has 4 nitrogen and oxygen atoms in total. The number of benzene rings is 2. The number of ether oxygens (including phenoxy) is 1. The molecule has 2 aromatic rings. The average Bonchev–Trinajstić information content (AvgIpc) is 2.62. The average molecular weight is 334 g/mol. The number of amides is 1. The summed E-state index contributed by atoms with van der Waals surface area (Å²) in [5.74, 6) is 0.480. The molecule has 0 N–H and O–H groups in total. The predicted molar refractivity (Wildman–Crippen MR) is 97.9 cm³/mol. The lowest BCUT2D eigenvalue weighted by Crippen LogP contribution is -2.39. The summed E-state index contributed by atoms with van der Waals surface area (Å²) in [5.41, 5.74) is 1.09. The van der Waals surface area contributed by atoms with Crippen LogP contribution < -0.4 is 0 Å². The van der Waals surface area contributed by atoms with Crippen molar-refractivity contribution in [2.45, 2.75) is 25.7 Å². The Labute approximate surface area is 148 Å². The van der Waals surface area contributed by atoms with Gasteiger partial charge in [0.05, 0.1) is 17.7 Å². The second-order valence-corrected chi connectivity index (χ2v) is 6.57. The van der Waals surface area contributed by atoms with Gasteiger partial charge in [-0.05, 0) is 42.0 Å². The SMILES string of the molecule is C=C(C)OC(=O)N1CCC(C(C#N)c2cccc3ccccc23)CC1. The van der Waals surface area contributed by atoms with E-state index in [0.29, 0.717) is 18.8 Å². The molecular weight excluding hydrogens is 312 g/mol. The molecular formula is C21H22N2O2. The molecule has 128 valence electrons. The second kappa shape index (κ2) is 7.40. The summed E-state index contributed by atoms with van der Waals surface area (Å²) in [6, 6.07) is 16.8. The van der Waals surface area contributed by atoms with Gasteiger partial charge in [-0.25, -0.2) is 4.79 Å². The standard InChI is InChI=1S/C21H22N2O2/c1-15(2)25-21(24)23-12-10-17(11-13-23)20(14-22)19-9-5-7-16-6-3-4-8-18(16)19/h3-9,17,20H,1,10-13H2,2H3. The van der Waals surface area contributed by atoms with Crippen LogP contribution in [0.15, 0.2) is 54.8 Å². The molecule has 0 aliphatic carbocycles. The van der Waals surface area contributed by atoms with E-state index < -0.39 is 0 Å². The van der Waals surface area contributed by atoms with Crippen molar-refractivity contribution >= 4 is 16.9 Å². The molecule has 1 aliphatic heterocycles. The number of rotatable bonds is 3. The Bertz CT molecular complexity index is 824. The van der Waals surface area contributed by atoms with E-state index in [1.807, 2.05) is 18.2 Å². The minimum Gasteiger partial charge on any atom is -0.416 e. The molecule has 0 saturated carbocycles. The van der Waals surface area contributed by atoms with Crippen LogP contribution in [0.25, 0.3) is 10.8 Å². The van der Waals surface area contributed by atoms with E-state index >= 15 is 0 Å². The lowest BCUT2D eigenvalue weighted by molar-refractivity contribution is 0.109. The molecule has 0 bridgehead atoms. The fourth-order valence-corrected chi connectivity index (χ4v) is 3.58. The monoisotopic (exact) mass is 334 g/mol. The van der Waals surface area contributed by atoms with Gasteiger partial charge in [0.2, 0.25) is 0 Å². The van der Waals surface area contributed by atoms with Gasteiger partial charge < -0.3 is 9.64 Å². The summed E-state index contributed by atoms with van der Waals surface area (Å²) in [4.78, 5) is 13.7. The lowest BCUT2D eigenvalue weighted by Gasteiger charge is -2.33. The van der Waals surface area contributed by atoms with Crippen LogP contribution in [0.1, 0.15) is 31.2 Å². The van der Waals surface area contributed by atoms with Crippen molar-refractivity contribution in [2.24, 2.45) is 5.92 Å². The third-order valence-corrected chi connectivity index (χ3v) is 4.83. The summed E-state index contributed by atoms with van der Waals surface area (Å²) in [6.45, 7) is 6.49. The van der Waals surface area contributed by atoms with Crippen molar-refractivity contribution in [3.63, 3.8) is 0 Å². The number of nitrogens with zero attached hydrogens (tertiary/aromatic N) is 2. The highest BCUT2D eigenvalue weighted by Crippen LogP contribution is 2.36. The van der Waals surface area contributed by atoms with Crippen LogP contribution in [0.5, 0.6) is 0 Å². The number of nitriles is 1. The molecule has 1 saturated heterocycles. The zero-order valence-corrected chi connectivity index (χ0v) is 14.4. The fraction of sp³-hybridized carbons (Fsp3) is 0.333. The number of piperidine rings is 1. The van der Waals surface area contributed by atoms with Crippen LogP contribution in [-0.2, 0) is 4.74 Å². The van der Waals surface area contributed by atoms with Gasteiger partial charge in [-0.15, -0.1) is 0 Å². The topological polar surface area (TPSA) is 53.3 Å². The summed E-state index contributed by atoms with van der Waals surface area (Å²) >= 11 is 0. The van der Waals surface area contributed by atoms with Crippen molar-refractivity contribution in [1.29, 1.82) is 5.26 Å². The largest absolute Gasteiger partial charge is 0.416 e. The molecule has 3 rings (SSSR count). The van der Waals surface area contributed by atoms with Gasteiger partial charge in [-0.2, -0.15) is 5.26 Å². The molecule has 1 fully saturated rings. The number of allylic oxidation sites excluding steroid dienone is 1. The molecule has 1 unspecified atom stereocenters. The molecule has 1 heterocycles. The van der Waals surface area contributed by atoms with E-state index in [0.717, 1.165) is 29.2 Å². The zero-order chi connectivity index (χ0) is 17.8. The maximum absolute atomic E-state index is 12.0. The smallest absolute Gasteiger partial charge is 0.414 e. The number of carbonyl (C=O) groups excluding carboxylic acids is 1. The van der Waals surface area contributed by atoms with Gasteiger partial charge in [0.25, 0.3) is 0 Å². The Hall–Kier alpha value is -2.80. The maximum Gasteiger partial charge on any atom is 0.414 e. The molecule has 4 heteroatoms. The molecule has 1 atom stereocenters. The molecule has 25 heavy (non-hydrogen) atoms. The number of hydrogen-bond acceptors (Lipinski definition) is 3. The van der Waals surface area contributed by atoms with E-state index in [4.69, 9.17) is 4.74 Å². The third-order valence-electron chi connectivity index (χ3n) is 4.83. The summed E-state index contributed by atoms with van der Waals surface area (Å²) in [5, 5.41) is 12.1. The molecule has 1 aliphatic rings. The van der Waals surface area contributed by atoms with Gasteiger partial charge in [-0.1, -0.05) is 49.0 Å². The van der Waals surface area contributed by atoms with E-state index in [1.165, 1.54) is 0 Å². The van der Waals surface area contributed by atoms with Gasteiger partial charge in [-0.3, -0.25) is 0 Å². The van der Waals surface area contributed by atoms with Crippen molar-refractivity contribution < 1.29 is 9.53 Å². The van der Waals surface area contributed by atoms with E-state index in [1.54, 1.807) is 11.8 Å². The van der Waals surface area contributed by atoms with Gasteiger partial charge in [0.1, 0.15) is 0 Å². The first-order valence-electron chi connectivity index (χ1n) is 8.59. The molecule has 0 aromatic heterocycles. The minimum absolute atomic E-state index is 0.162. The highest BCUT2D eigenvalue weighted by Gasteiger charge is 2.30. The summed E-state index contributed by atoms with van der Waals surface area (Å²) in [6.07, 6.45) is 1.25. The normalized spacial score (nSPS) is 16.2. The third kappa shape index (κ3) is 3.66. The van der Waals surface area contributed by atoms with Gasteiger partial charge in [0.15, 0.2) is 0 Å². The Kier molecular flexibility index (Phi) is 5.04. The Morgan fingerprint density at radius 1 is 1.24 bits per heavy atom.